The smallest absolute Gasteiger partial charge is 0.326 e. The van der Waals surface area contributed by atoms with E-state index in [9.17, 15) is 14.7 Å². The van der Waals surface area contributed by atoms with Crippen LogP contribution in [0.1, 0.15) is 25.0 Å². The van der Waals surface area contributed by atoms with Crippen LogP contribution in [0.25, 0.3) is 10.6 Å². The molecule has 1 fully saturated rings. The molecule has 0 aliphatic carbocycles. The SMILES string of the molecule is O=C(O)[C@H]1CCCCN1C(=O)Cc1csc(-c2ccc(Cl)cc2)n1. The van der Waals surface area contributed by atoms with Crippen LogP contribution < -0.4 is 0 Å². The molecule has 2 aromatic rings. The second-order valence-electron chi connectivity index (χ2n) is 5.76. The molecule has 2 heterocycles. The predicted octanol–water partition coefficient (Wildman–Crippen LogP) is 3.47. The van der Waals surface area contributed by atoms with E-state index >= 15 is 0 Å². The van der Waals surface area contributed by atoms with Crippen LogP contribution in [0.2, 0.25) is 5.02 Å². The lowest BCUT2D eigenvalue weighted by Crippen LogP contribution is -2.48. The monoisotopic (exact) mass is 364 g/mol. The van der Waals surface area contributed by atoms with Crippen molar-refractivity contribution >= 4 is 34.8 Å². The lowest BCUT2D eigenvalue weighted by atomic mass is 10.0. The second kappa shape index (κ2) is 7.32. The summed E-state index contributed by atoms with van der Waals surface area (Å²) < 4.78 is 0. The molecule has 24 heavy (non-hydrogen) atoms. The van der Waals surface area contributed by atoms with Crippen LogP contribution in [0.15, 0.2) is 29.6 Å². The average Bonchev–Trinajstić information content (AvgIpc) is 3.04. The Morgan fingerprint density at radius 2 is 2.04 bits per heavy atom. The molecule has 1 aliphatic heterocycles. The van der Waals surface area contributed by atoms with Crippen molar-refractivity contribution in [3.63, 3.8) is 0 Å². The molecule has 1 aliphatic rings. The van der Waals surface area contributed by atoms with Crippen LogP contribution in [0.4, 0.5) is 0 Å². The molecule has 126 valence electrons. The van der Waals surface area contributed by atoms with Gasteiger partial charge in [0.25, 0.3) is 0 Å². The van der Waals surface area contributed by atoms with Crippen LogP contribution in [-0.4, -0.2) is 39.5 Å². The number of carbonyl (C=O) groups is 2. The molecule has 3 rings (SSSR count). The Hall–Kier alpha value is -1.92. The largest absolute Gasteiger partial charge is 0.480 e. The normalized spacial score (nSPS) is 17.7. The van der Waals surface area contributed by atoms with E-state index in [4.69, 9.17) is 11.6 Å². The van der Waals surface area contributed by atoms with E-state index in [0.717, 1.165) is 23.4 Å². The summed E-state index contributed by atoms with van der Waals surface area (Å²) in [6.07, 6.45) is 2.35. The highest BCUT2D eigenvalue weighted by molar-refractivity contribution is 7.13. The van der Waals surface area contributed by atoms with Crippen LogP contribution in [0.3, 0.4) is 0 Å². The van der Waals surface area contributed by atoms with Crippen molar-refractivity contribution in [2.24, 2.45) is 0 Å². The number of aromatic nitrogens is 1. The van der Waals surface area contributed by atoms with Crippen molar-refractivity contribution in [1.82, 2.24) is 9.88 Å². The van der Waals surface area contributed by atoms with Gasteiger partial charge in [-0.1, -0.05) is 23.7 Å². The van der Waals surface area contributed by atoms with Crippen molar-refractivity contribution in [2.75, 3.05) is 6.54 Å². The number of aliphatic carboxylic acids is 1. The molecule has 1 amide bonds. The van der Waals surface area contributed by atoms with Crippen LogP contribution >= 0.6 is 22.9 Å². The number of carboxylic acid groups (broad SMARTS) is 1. The number of carboxylic acids is 1. The Morgan fingerprint density at radius 1 is 1.29 bits per heavy atom. The highest BCUT2D eigenvalue weighted by atomic mass is 35.5. The Labute approximate surface area is 148 Å². The topological polar surface area (TPSA) is 70.5 Å². The van der Waals surface area contributed by atoms with Gasteiger partial charge in [0.05, 0.1) is 12.1 Å². The van der Waals surface area contributed by atoms with Gasteiger partial charge in [0.2, 0.25) is 5.91 Å². The van der Waals surface area contributed by atoms with Gasteiger partial charge in [-0.15, -0.1) is 11.3 Å². The van der Waals surface area contributed by atoms with Gasteiger partial charge in [-0.05, 0) is 31.4 Å². The molecular weight excluding hydrogens is 348 g/mol. The van der Waals surface area contributed by atoms with Gasteiger partial charge in [-0.2, -0.15) is 0 Å². The number of benzene rings is 1. The van der Waals surface area contributed by atoms with E-state index in [2.05, 4.69) is 4.98 Å². The number of rotatable bonds is 4. The first kappa shape index (κ1) is 16.9. The third kappa shape index (κ3) is 3.76. The van der Waals surface area contributed by atoms with Gasteiger partial charge in [0.1, 0.15) is 11.0 Å². The van der Waals surface area contributed by atoms with Gasteiger partial charge in [-0.25, -0.2) is 9.78 Å². The van der Waals surface area contributed by atoms with E-state index in [0.29, 0.717) is 23.7 Å². The number of halogens is 1. The molecule has 0 radical (unpaired) electrons. The fourth-order valence-corrected chi connectivity index (χ4v) is 3.81. The quantitative estimate of drug-likeness (QED) is 0.901. The number of hydrogen-bond donors (Lipinski definition) is 1. The summed E-state index contributed by atoms with van der Waals surface area (Å²) in [6, 6.07) is 6.67. The summed E-state index contributed by atoms with van der Waals surface area (Å²) in [7, 11) is 0. The Morgan fingerprint density at radius 3 is 2.75 bits per heavy atom. The van der Waals surface area contributed by atoms with E-state index in [1.807, 2.05) is 17.5 Å². The summed E-state index contributed by atoms with van der Waals surface area (Å²) in [4.78, 5) is 29.8. The predicted molar refractivity (Wildman–Crippen MR) is 93.3 cm³/mol. The number of amides is 1. The minimum atomic E-state index is -0.928. The maximum atomic E-state index is 12.5. The van der Waals surface area contributed by atoms with Gasteiger partial charge in [-0.3, -0.25) is 4.79 Å². The van der Waals surface area contributed by atoms with Crippen LogP contribution in [0.5, 0.6) is 0 Å². The number of nitrogens with zero attached hydrogens (tertiary/aromatic N) is 2. The minimum Gasteiger partial charge on any atom is -0.480 e. The molecule has 0 saturated carbocycles. The van der Waals surface area contributed by atoms with E-state index in [1.54, 1.807) is 12.1 Å². The highest BCUT2D eigenvalue weighted by Crippen LogP contribution is 2.26. The first-order valence-corrected chi connectivity index (χ1v) is 9.03. The average molecular weight is 365 g/mol. The molecule has 1 aromatic carbocycles. The lowest BCUT2D eigenvalue weighted by Gasteiger charge is -2.32. The molecule has 1 N–H and O–H groups in total. The summed E-state index contributed by atoms with van der Waals surface area (Å²) in [6.45, 7) is 0.504. The van der Waals surface area contributed by atoms with E-state index in [-0.39, 0.29) is 12.3 Å². The zero-order valence-corrected chi connectivity index (χ0v) is 14.5. The van der Waals surface area contributed by atoms with Crippen molar-refractivity contribution in [3.05, 3.63) is 40.4 Å². The molecule has 5 nitrogen and oxygen atoms in total. The summed E-state index contributed by atoms with van der Waals surface area (Å²) in [5.74, 6) is -1.10. The van der Waals surface area contributed by atoms with E-state index in [1.165, 1.54) is 16.2 Å². The standard InChI is InChI=1S/C17H17ClN2O3S/c18-12-6-4-11(5-7-12)16-19-13(10-24-16)9-15(21)20-8-2-1-3-14(20)17(22)23/h4-7,10,14H,1-3,8-9H2,(H,22,23)/t14-/m1/s1. The number of hydrogen-bond acceptors (Lipinski definition) is 4. The van der Waals surface area contributed by atoms with Crippen molar-refractivity contribution in [3.8, 4) is 10.6 Å². The van der Waals surface area contributed by atoms with Gasteiger partial charge >= 0.3 is 5.97 Å². The second-order valence-corrected chi connectivity index (χ2v) is 7.06. The zero-order valence-electron chi connectivity index (χ0n) is 12.9. The third-order valence-corrected chi connectivity index (χ3v) is 5.28. The zero-order chi connectivity index (χ0) is 17.1. The number of likely N-dealkylation sites (tertiary alicyclic amines) is 1. The summed E-state index contributed by atoms with van der Waals surface area (Å²) in [5, 5.41) is 12.6. The number of thiazole rings is 1. The van der Waals surface area contributed by atoms with E-state index < -0.39 is 12.0 Å². The summed E-state index contributed by atoms with van der Waals surface area (Å²) in [5.41, 5.74) is 1.62. The molecule has 7 heteroatoms. The lowest BCUT2D eigenvalue weighted by molar-refractivity contribution is -0.151. The Balaban J connectivity index is 1.70. The molecule has 1 saturated heterocycles. The van der Waals surface area contributed by atoms with Gasteiger partial charge in [0, 0.05) is 22.5 Å². The Kier molecular flexibility index (Phi) is 5.16. The molecule has 0 spiro atoms. The maximum Gasteiger partial charge on any atom is 0.326 e. The maximum absolute atomic E-state index is 12.5. The Bertz CT molecular complexity index is 745. The number of carbonyl (C=O) groups excluding carboxylic acids is 1. The van der Waals surface area contributed by atoms with Crippen molar-refractivity contribution in [1.29, 1.82) is 0 Å². The number of piperidine rings is 1. The van der Waals surface area contributed by atoms with Gasteiger partial charge in [0.15, 0.2) is 0 Å². The third-order valence-electron chi connectivity index (χ3n) is 4.08. The summed E-state index contributed by atoms with van der Waals surface area (Å²) >= 11 is 7.35. The minimum absolute atomic E-state index is 0.133. The fourth-order valence-electron chi connectivity index (χ4n) is 2.86. The molecule has 0 unspecified atom stereocenters. The fraction of sp³-hybridized carbons (Fsp3) is 0.353. The van der Waals surface area contributed by atoms with Gasteiger partial charge < -0.3 is 10.0 Å². The van der Waals surface area contributed by atoms with Crippen molar-refractivity contribution < 1.29 is 14.7 Å². The van der Waals surface area contributed by atoms with Crippen molar-refractivity contribution in [2.45, 2.75) is 31.7 Å². The first-order valence-electron chi connectivity index (χ1n) is 7.77. The van der Waals surface area contributed by atoms with Crippen LogP contribution in [0, 0.1) is 0 Å². The molecular formula is C17H17ClN2O3S. The first-order chi connectivity index (χ1) is 11.5. The molecule has 0 bridgehead atoms. The molecule has 1 atom stereocenters. The highest BCUT2D eigenvalue weighted by Gasteiger charge is 2.31. The van der Waals surface area contributed by atoms with Crippen LogP contribution in [-0.2, 0) is 16.0 Å². The molecule has 1 aromatic heterocycles.